The van der Waals surface area contributed by atoms with Crippen molar-refractivity contribution >= 4 is 21.8 Å². The topological polar surface area (TPSA) is 117 Å². The number of amides is 3. The van der Waals surface area contributed by atoms with Gasteiger partial charge in [-0.2, -0.15) is 0 Å². The summed E-state index contributed by atoms with van der Waals surface area (Å²) in [5.41, 5.74) is 0.909. The predicted molar refractivity (Wildman–Crippen MR) is 93.4 cm³/mol. The molecule has 1 unspecified atom stereocenters. The summed E-state index contributed by atoms with van der Waals surface area (Å²) in [4.78, 5) is 28.4. The summed E-state index contributed by atoms with van der Waals surface area (Å²) < 4.78 is 22.9. The molecule has 2 heterocycles. The minimum atomic E-state index is -3.07. The molecule has 1 fully saturated rings. The summed E-state index contributed by atoms with van der Waals surface area (Å²) >= 11 is 0. The van der Waals surface area contributed by atoms with Crippen molar-refractivity contribution in [2.24, 2.45) is 5.92 Å². The van der Waals surface area contributed by atoms with Crippen LogP contribution in [0.2, 0.25) is 0 Å². The molecule has 1 aromatic heterocycles. The molecule has 2 rings (SSSR count). The summed E-state index contributed by atoms with van der Waals surface area (Å²) in [6.07, 6.45) is 3.68. The van der Waals surface area contributed by atoms with E-state index in [1.54, 1.807) is 24.5 Å². The van der Waals surface area contributed by atoms with Gasteiger partial charge >= 0.3 is 6.03 Å². The normalized spacial score (nSPS) is 20.0. The number of carbonyl (C=O) groups is 2. The highest BCUT2D eigenvalue weighted by Crippen LogP contribution is 2.11. The molecule has 0 radical (unpaired) electrons. The summed E-state index contributed by atoms with van der Waals surface area (Å²) in [6, 6.07) is 1.95. The van der Waals surface area contributed by atoms with Crippen LogP contribution in [0, 0.1) is 5.92 Å². The highest BCUT2D eigenvalue weighted by molar-refractivity contribution is 7.91. The van der Waals surface area contributed by atoms with E-state index in [2.05, 4.69) is 20.9 Å². The Kier molecular flexibility index (Phi) is 6.35. The SMILES string of the molecule is CC(C)[C@@H](NC(=O)NC1CCS(=O)(=O)C1)C(=O)NCc1ccncc1. The molecule has 25 heavy (non-hydrogen) atoms. The lowest BCUT2D eigenvalue weighted by molar-refractivity contribution is -0.124. The molecule has 0 aromatic carbocycles. The Bertz CT molecular complexity index is 706. The fourth-order valence-electron chi connectivity index (χ4n) is 2.61. The minimum Gasteiger partial charge on any atom is -0.350 e. The second-order valence-corrected chi connectivity index (χ2v) is 8.74. The van der Waals surface area contributed by atoms with Crippen LogP contribution in [0.15, 0.2) is 24.5 Å². The number of urea groups is 1. The summed E-state index contributed by atoms with van der Waals surface area (Å²) in [6.45, 7) is 4.00. The van der Waals surface area contributed by atoms with Gasteiger partial charge in [0.05, 0.1) is 11.5 Å². The number of hydrogen-bond acceptors (Lipinski definition) is 5. The number of hydrogen-bond donors (Lipinski definition) is 3. The van der Waals surface area contributed by atoms with Gasteiger partial charge < -0.3 is 16.0 Å². The fourth-order valence-corrected chi connectivity index (χ4v) is 4.29. The fraction of sp³-hybridized carbons (Fsp3) is 0.562. The third kappa shape index (κ3) is 6.00. The van der Waals surface area contributed by atoms with Gasteiger partial charge in [0.2, 0.25) is 5.91 Å². The van der Waals surface area contributed by atoms with Gasteiger partial charge in [0.15, 0.2) is 9.84 Å². The van der Waals surface area contributed by atoms with Gasteiger partial charge in [0.1, 0.15) is 6.04 Å². The van der Waals surface area contributed by atoms with E-state index in [-0.39, 0.29) is 23.3 Å². The maximum Gasteiger partial charge on any atom is 0.315 e. The first kappa shape index (κ1) is 19.2. The first-order valence-corrected chi connectivity index (χ1v) is 10.0. The lowest BCUT2D eigenvalue weighted by Crippen LogP contribution is -2.54. The van der Waals surface area contributed by atoms with Crippen molar-refractivity contribution in [1.82, 2.24) is 20.9 Å². The summed E-state index contributed by atoms with van der Waals surface area (Å²) in [7, 11) is -3.07. The van der Waals surface area contributed by atoms with Gasteiger partial charge in [-0.25, -0.2) is 13.2 Å². The van der Waals surface area contributed by atoms with E-state index in [1.165, 1.54) is 0 Å². The third-order valence-corrected chi connectivity index (χ3v) is 5.79. The lowest BCUT2D eigenvalue weighted by Gasteiger charge is -2.23. The Morgan fingerprint density at radius 1 is 1.28 bits per heavy atom. The van der Waals surface area contributed by atoms with Crippen LogP contribution in [0.1, 0.15) is 25.8 Å². The Morgan fingerprint density at radius 3 is 2.52 bits per heavy atom. The van der Waals surface area contributed by atoms with Crippen molar-refractivity contribution in [3.8, 4) is 0 Å². The van der Waals surface area contributed by atoms with Gasteiger partial charge in [0, 0.05) is 25.0 Å². The first-order valence-electron chi connectivity index (χ1n) is 8.21. The van der Waals surface area contributed by atoms with Gasteiger partial charge in [-0.1, -0.05) is 13.8 Å². The van der Waals surface area contributed by atoms with Crippen molar-refractivity contribution in [3.05, 3.63) is 30.1 Å². The quantitative estimate of drug-likeness (QED) is 0.663. The van der Waals surface area contributed by atoms with Crippen molar-refractivity contribution in [3.63, 3.8) is 0 Å². The predicted octanol–water partition coefficient (Wildman–Crippen LogP) is 0.209. The van der Waals surface area contributed by atoms with Crippen LogP contribution in [-0.2, 0) is 21.2 Å². The Morgan fingerprint density at radius 2 is 1.96 bits per heavy atom. The van der Waals surface area contributed by atoms with E-state index >= 15 is 0 Å². The second-order valence-electron chi connectivity index (χ2n) is 6.51. The Labute approximate surface area is 147 Å². The molecule has 3 N–H and O–H groups in total. The van der Waals surface area contributed by atoms with Crippen molar-refractivity contribution < 1.29 is 18.0 Å². The van der Waals surface area contributed by atoms with Crippen LogP contribution in [0.25, 0.3) is 0 Å². The standard InChI is InChI=1S/C16H24N4O4S/c1-11(2)14(15(21)18-9-12-3-6-17-7-4-12)20-16(22)19-13-5-8-25(23,24)10-13/h3-4,6-7,11,13-14H,5,8-10H2,1-2H3,(H,18,21)(H2,19,20,22)/t13?,14-/m1/s1. The average molecular weight is 368 g/mol. The molecule has 0 spiro atoms. The largest absolute Gasteiger partial charge is 0.350 e. The van der Waals surface area contributed by atoms with Crippen LogP contribution in [0.4, 0.5) is 4.79 Å². The Hall–Kier alpha value is -2.16. The molecule has 1 aliphatic heterocycles. The van der Waals surface area contributed by atoms with Gasteiger partial charge in [-0.05, 0) is 30.0 Å². The molecule has 0 bridgehead atoms. The number of nitrogens with one attached hydrogen (secondary N) is 3. The third-order valence-electron chi connectivity index (χ3n) is 4.02. The molecule has 1 aliphatic rings. The number of rotatable bonds is 6. The molecular formula is C16H24N4O4S. The number of pyridine rings is 1. The van der Waals surface area contributed by atoms with Crippen molar-refractivity contribution in [2.75, 3.05) is 11.5 Å². The van der Waals surface area contributed by atoms with Crippen LogP contribution < -0.4 is 16.0 Å². The monoisotopic (exact) mass is 368 g/mol. The van der Waals surface area contributed by atoms with Crippen molar-refractivity contribution in [1.29, 1.82) is 0 Å². The lowest BCUT2D eigenvalue weighted by atomic mass is 10.0. The first-order chi connectivity index (χ1) is 11.8. The molecule has 0 aliphatic carbocycles. The van der Waals surface area contributed by atoms with Crippen LogP contribution in [0.3, 0.4) is 0 Å². The molecule has 2 atom stereocenters. The maximum atomic E-state index is 12.4. The minimum absolute atomic E-state index is 0.0546. The molecule has 1 aromatic rings. The van der Waals surface area contributed by atoms with Gasteiger partial charge in [0.25, 0.3) is 0 Å². The maximum absolute atomic E-state index is 12.4. The number of carbonyl (C=O) groups excluding carboxylic acids is 2. The van der Waals surface area contributed by atoms with Gasteiger partial charge in [-0.15, -0.1) is 0 Å². The zero-order valence-electron chi connectivity index (χ0n) is 14.4. The second kappa shape index (κ2) is 8.28. The Balaban J connectivity index is 1.86. The molecule has 138 valence electrons. The number of aromatic nitrogens is 1. The molecule has 9 heteroatoms. The molecular weight excluding hydrogens is 344 g/mol. The smallest absolute Gasteiger partial charge is 0.315 e. The number of nitrogens with zero attached hydrogens (tertiary/aromatic N) is 1. The molecule has 8 nitrogen and oxygen atoms in total. The molecule has 1 saturated heterocycles. The van der Waals surface area contributed by atoms with Crippen LogP contribution in [-0.4, -0.2) is 48.9 Å². The zero-order chi connectivity index (χ0) is 18.4. The average Bonchev–Trinajstić information content (AvgIpc) is 2.89. The van der Waals surface area contributed by atoms with Crippen molar-refractivity contribution in [2.45, 2.75) is 38.9 Å². The van der Waals surface area contributed by atoms with E-state index in [1.807, 2.05) is 13.8 Å². The van der Waals surface area contributed by atoms with Gasteiger partial charge in [-0.3, -0.25) is 9.78 Å². The van der Waals surface area contributed by atoms with E-state index in [9.17, 15) is 18.0 Å². The highest BCUT2D eigenvalue weighted by atomic mass is 32.2. The number of sulfone groups is 1. The zero-order valence-corrected chi connectivity index (χ0v) is 15.2. The summed E-state index contributed by atoms with van der Waals surface area (Å²) in [5.74, 6) is -0.379. The van der Waals surface area contributed by atoms with E-state index in [0.29, 0.717) is 13.0 Å². The molecule has 0 saturated carbocycles. The van der Waals surface area contributed by atoms with E-state index < -0.39 is 28.0 Å². The highest BCUT2D eigenvalue weighted by Gasteiger charge is 2.30. The van der Waals surface area contributed by atoms with E-state index in [0.717, 1.165) is 5.56 Å². The van der Waals surface area contributed by atoms with Crippen LogP contribution in [0.5, 0.6) is 0 Å². The molecule has 3 amide bonds. The van der Waals surface area contributed by atoms with E-state index in [4.69, 9.17) is 0 Å². The van der Waals surface area contributed by atoms with Crippen LogP contribution >= 0.6 is 0 Å². The summed E-state index contributed by atoms with van der Waals surface area (Å²) in [5, 5.41) is 8.06.